The van der Waals surface area contributed by atoms with Crippen molar-refractivity contribution in [2.24, 2.45) is 5.10 Å². The monoisotopic (exact) mass is 413 g/mol. The van der Waals surface area contributed by atoms with Gasteiger partial charge >= 0.3 is 0 Å². The number of hydrazone groups is 1. The fraction of sp³-hybridized carbons (Fsp3) is 0.176. The number of nitrogens with zero attached hydrogens (tertiary/aromatic N) is 2. The van der Waals surface area contributed by atoms with Gasteiger partial charge in [-0.25, -0.2) is 13.8 Å². The van der Waals surface area contributed by atoms with Crippen LogP contribution in [0, 0.1) is 0 Å². The van der Waals surface area contributed by atoms with Crippen LogP contribution in [0.15, 0.2) is 53.6 Å². The molecule has 0 atom stereocenters. The number of hydrogen-bond acceptors (Lipinski definition) is 4. The molecule has 0 aliphatic heterocycles. The zero-order valence-electron chi connectivity index (χ0n) is 13.9. The quantitative estimate of drug-likeness (QED) is 0.559. The van der Waals surface area contributed by atoms with E-state index < -0.39 is 15.9 Å². The summed E-state index contributed by atoms with van der Waals surface area (Å²) in [6.07, 6.45) is 2.40. The third-order valence-corrected chi connectivity index (χ3v) is 5.39. The van der Waals surface area contributed by atoms with Crippen LogP contribution >= 0.6 is 23.2 Å². The molecule has 26 heavy (non-hydrogen) atoms. The predicted octanol–water partition coefficient (Wildman–Crippen LogP) is 2.91. The summed E-state index contributed by atoms with van der Waals surface area (Å²) in [6.45, 7) is -0.259. The van der Waals surface area contributed by atoms with Crippen molar-refractivity contribution in [3.8, 4) is 0 Å². The van der Waals surface area contributed by atoms with Crippen molar-refractivity contribution < 1.29 is 13.2 Å². The predicted molar refractivity (Wildman–Crippen MR) is 104 cm³/mol. The van der Waals surface area contributed by atoms with Gasteiger partial charge in [-0.05, 0) is 11.6 Å². The van der Waals surface area contributed by atoms with E-state index in [1.807, 2.05) is 6.07 Å². The van der Waals surface area contributed by atoms with Crippen molar-refractivity contribution in [1.82, 2.24) is 9.73 Å². The van der Waals surface area contributed by atoms with Crippen LogP contribution in [0.4, 0.5) is 0 Å². The topological polar surface area (TPSA) is 78.8 Å². The summed E-state index contributed by atoms with van der Waals surface area (Å²) < 4.78 is 24.9. The van der Waals surface area contributed by atoms with Crippen molar-refractivity contribution in [3.63, 3.8) is 0 Å². The minimum atomic E-state index is -3.57. The van der Waals surface area contributed by atoms with Crippen molar-refractivity contribution in [1.29, 1.82) is 0 Å². The molecule has 2 aromatic carbocycles. The second kappa shape index (κ2) is 9.14. The Hall–Kier alpha value is -1.93. The molecule has 138 valence electrons. The summed E-state index contributed by atoms with van der Waals surface area (Å²) in [6, 6.07) is 14.0. The molecule has 0 bridgehead atoms. The molecule has 0 radical (unpaired) electrons. The maximum absolute atomic E-state index is 12.0. The van der Waals surface area contributed by atoms with Crippen LogP contribution in [0.25, 0.3) is 0 Å². The first-order valence-corrected chi connectivity index (χ1v) is 10.1. The van der Waals surface area contributed by atoms with Crippen molar-refractivity contribution in [2.75, 3.05) is 12.8 Å². The van der Waals surface area contributed by atoms with E-state index >= 15 is 0 Å². The Balaban J connectivity index is 2.01. The highest BCUT2D eigenvalue weighted by Crippen LogP contribution is 2.24. The van der Waals surface area contributed by atoms with Crippen LogP contribution in [0.2, 0.25) is 10.0 Å². The van der Waals surface area contributed by atoms with E-state index in [2.05, 4.69) is 10.5 Å². The van der Waals surface area contributed by atoms with E-state index in [1.165, 1.54) is 6.21 Å². The van der Waals surface area contributed by atoms with Gasteiger partial charge in [0.2, 0.25) is 10.0 Å². The third kappa shape index (κ3) is 6.10. The number of sulfonamides is 1. The largest absolute Gasteiger partial charge is 0.272 e. The molecular weight excluding hydrogens is 397 g/mol. The maximum atomic E-state index is 12.0. The normalized spacial score (nSPS) is 11.8. The molecule has 0 aromatic heterocycles. The van der Waals surface area contributed by atoms with Crippen molar-refractivity contribution >= 4 is 45.3 Å². The zero-order chi connectivity index (χ0) is 19.2. The van der Waals surface area contributed by atoms with Crippen molar-refractivity contribution in [2.45, 2.75) is 6.54 Å². The lowest BCUT2D eigenvalue weighted by atomic mass is 10.2. The Kier molecular flexibility index (Phi) is 7.16. The van der Waals surface area contributed by atoms with Gasteiger partial charge in [-0.2, -0.15) is 9.41 Å². The standard InChI is InChI=1S/C17H17Cl2N3O3S/c1-26(24,25)22(11-13-6-3-2-4-7-13)12-16(23)21-20-10-14-8-5-9-15(18)17(14)19/h2-10H,11-12H2,1H3,(H,21,23)/b20-10-. The third-order valence-electron chi connectivity index (χ3n) is 3.37. The number of hydrogen-bond donors (Lipinski definition) is 1. The van der Waals surface area contributed by atoms with Crippen LogP contribution in [0.5, 0.6) is 0 Å². The Labute approximate surface area is 162 Å². The summed E-state index contributed by atoms with van der Waals surface area (Å²) in [5, 5.41) is 4.48. The number of amides is 1. The summed E-state index contributed by atoms with van der Waals surface area (Å²) in [5.74, 6) is -0.569. The van der Waals surface area contributed by atoms with E-state index in [1.54, 1.807) is 42.5 Å². The molecular formula is C17H17Cl2N3O3S. The first-order valence-electron chi connectivity index (χ1n) is 7.52. The fourth-order valence-corrected chi connectivity index (χ4v) is 3.16. The molecule has 0 heterocycles. The molecule has 0 aliphatic rings. The van der Waals surface area contributed by atoms with Crippen LogP contribution < -0.4 is 5.43 Å². The van der Waals surface area contributed by atoms with Crippen LogP contribution in [0.3, 0.4) is 0 Å². The number of halogens is 2. The van der Waals surface area contributed by atoms with Crippen LogP contribution in [-0.2, 0) is 21.4 Å². The van der Waals surface area contributed by atoms with E-state index in [0.29, 0.717) is 15.6 Å². The molecule has 1 amide bonds. The fourth-order valence-electron chi connectivity index (χ4n) is 2.07. The first kappa shape index (κ1) is 20.4. The molecule has 2 rings (SSSR count). The lowest BCUT2D eigenvalue weighted by Gasteiger charge is -2.18. The average Bonchev–Trinajstić information content (AvgIpc) is 2.58. The highest BCUT2D eigenvalue weighted by Gasteiger charge is 2.20. The minimum Gasteiger partial charge on any atom is -0.272 e. The highest BCUT2D eigenvalue weighted by molar-refractivity contribution is 7.88. The lowest BCUT2D eigenvalue weighted by Crippen LogP contribution is -2.38. The summed E-state index contributed by atoms with van der Waals surface area (Å²) >= 11 is 11.9. The molecule has 9 heteroatoms. The Morgan fingerprint density at radius 3 is 2.50 bits per heavy atom. The van der Waals surface area contributed by atoms with Crippen LogP contribution in [-0.4, -0.2) is 37.6 Å². The number of carbonyl (C=O) groups excluding carboxylic acids is 1. The van der Waals surface area contributed by atoms with Gasteiger partial charge in [0, 0.05) is 12.1 Å². The maximum Gasteiger partial charge on any atom is 0.255 e. The molecule has 0 aliphatic carbocycles. The van der Waals surface area contributed by atoms with Gasteiger partial charge in [0.25, 0.3) is 5.91 Å². The van der Waals surface area contributed by atoms with Crippen molar-refractivity contribution in [3.05, 3.63) is 69.7 Å². The molecule has 0 spiro atoms. The molecule has 2 aromatic rings. The lowest BCUT2D eigenvalue weighted by molar-refractivity contribution is -0.121. The van der Waals surface area contributed by atoms with Gasteiger partial charge < -0.3 is 0 Å². The Morgan fingerprint density at radius 1 is 1.15 bits per heavy atom. The first-order chi connectivity index (χ1) is 12.3. The molecule has 1 N–H and O–H groups in total. The van der Waals surface area contributed by atoms with Gasteiger partial charge in [0.15, 0.2) is 0 Å². The molecule has 0 unspecified atom stereocenters. The summed E-state index contributed by atoms with van der Waals surface area (Å²) in [5.41, 5.74) is 3.60. The second-order valence-electron chi connectivity index (χ2n) is 5.45. The van der Waals surface area contributed by atoms with Crippen LogP contribution in [0.1, 0.15) is 11.1 Å². The Bertz CT molecular complexity index is 903. The van der Waals surface area contributed by atoms with Gasteiger partial charge in [0.1, 0.15) is 0 Å². The van der Waals surface area contributed by atoms with Gasteiger partial charge in [-0.1, -0.05) is 65.7 Å². The molecule has 0 saturated carbocycles. The van der Waals surface area contributed by atoms with E-state index in [-0.39, 0.29) is 13.1 Å². The van der Waals surface area contributed by atoms with Gasteiger partial charge in [-0.3, -0.25) is 4.79 Å². The summed E-state index contributed by atoms with van der Waals surface area (Å²) in [4.78, 5) is 12.0. The van der Waals surface area contributed by atoms with E-state index in [9.17, 15) is 13.2 Å². The average molecular weight is 414 g/mol. The SMILES string of the molecule is CS(=O)(=O)N(CC(=O)N/N=C\c1cccc(Cl)c1Cl)Cc1ccccc1. The van der Waals surface area contributed by atoms with Gasteiger partial charge in [0.05, 0.1) is 29.1 Å². The minimum absolute atomic E-state index is 0.0942. The number of nitrogens with one attached hydrogen (secondary N) is 1. The zero-order valence-corrected chi connectivity index (χ0v) is 16.2. The number of carbonyl (C=O) groups is 1. The molecule has 6 nitrogen and oxygen atoms in total. The Morgan fingerprint density at radius 2 is 1.85 bits per heavy atom. The number of rotatable bonds is 7. The summed E-state index contributed by atoms with van der Waals surface area (Å²) in [7, 11) is -3.57. The smallest absolute Gasteiger partial charge is 0.255 e. The van der Waals surface area contributed by atoms with Gasteiger partial charge in [-0.15, -0.1) is 0 Å². The molecule has 0 fully saturated rings. The van der Waals surface area contributed by atoms with E-state index in [4.69, 9.17) is 23.2 Å². The highest BCUT2D eigenvalue weighted by atomic mass is 35.5. The molecule has 0 saturated heterocycles. The number of benzene rings is 2. The second-order valence-corrected chi connectivity index (χ2v) is 8.22. The van der Waals surface area contributed by atoms with E-state index in [0.717, 1.165) is 16.1 Å².